The van der Waals surface area contributed by atoms with Crippen LogP contribution in [0.15, 0.2) is 54.6 Å². The molecule has 124 valence electrons. The number of nitrogens with zero attached hydrogens (tertiary/aromatic N) is 2. The van der Waals surface area contributed by atoms with Gasteiger partial charge in [-0.1, -0.05) is 55.5 Å². The number of hydrogen-bond acceptors (Lipinski definition) is 2. The second kappa shape index (κ2) is 6.87. The van der Waals surface area contributed by atoms with Crippen LogP contribution in [-0.4, -0.2) is 21.7 Å². The number of para-hydroxylation sites is 1. The lowest BCUT2D eigenvalue weighted by Gasteiger charge is -2.17. The minimum atomic E-state index is -0.360. The van der Waals surface area contributed by atoms with Gasteiger partial charge < -0.3 is 5.32 Å². The number of carbonyl (C=O) groups excluding carboxylic acids is 1. The Labute approximate surface area is 142 Å². The molecular weight excluding hydrogens is 298 g/mol. The summed E-state index contributed by atoms with van der Waals surface area (Å²) in [6.07, 6.45) is 0.910. The standard InChI is InChI=1S/C20H23N3O/c1-4-14(2)21-20(24)15(3)23-18-13-9-8-12-17(18)19(22-23)16-10-6-5-7-11-16/h5-15H,4H2,1-3H3,(H,21,24)/t14-,15+/m0/s1. The lowest BCUT2D eigenvalue weighted by atomic mass is 10.1. The van der Waals surface area contributed by atoms with Crippen molar-refractivity contribution in [1.29, 1.82) is 0 Å². The molecule has 2 atom stereocenters. The van der Waals surface area contributed by atoms with Gasteiger partial charge in [-0.2, -0.15) is 5.10 Å². The summed E-state index contributed by atoms with van der Waals surface area (Å²) in [6.45, 7) is 5.97. The Morgan fingerprint density at radius 1 is 1.08 bits per heavy atom. The van der Waals surface area contributed by atoms with Crippen molar-refractivity contribution in [3.63, 3.8) is 0 Å². The van der Waals surface area contributed by atoms with E-state index in [-0.39, 0.29) is 18.0 Å². The number of benzene rings is 2. The van der Waals surface area contributed by atoms with E-state index in [1.165, 1.54) is 0 Å². The molecule has 0 saturated heterocycles. The first kappa shape index (κ1) is 16.2. The summed E-state index contributed by atoms with van der Waals surface area (Å²) in [4.78, 5) is 12.5. The quantitative estimate of drug-likeness (QED) is 0.766. The van der Waals surface area contributed by atoms with Gasteiger partial charge in [-0.05, 0) is 26.3 Å². The summed E-state index contributed by atoms with van der Waals surface area (Å²) in [7, 11) is 0. The number of rotatable bonds is 5. The van der Waals surface area contributed by atoms with Crippen LogP contribution in [0.2, 0.25) is 0 Å². The zero-order valence-electron chi connectivity index (χ0n) is 14.4. The van der Waals surface area contributed by atoms with Crippen LogP contribution in [0.4, 0.5) is 0 Å². The molecule has 0 fully saturated rings. The van der Waals surface area contributed by atoms with Crippen LogP contribution in [0, 0.1) is 0 Å². The molecule has 2 aromatic carbocycles. The van der Waals surface area contributed by atoms with E-state index in [4.69, 9.17) is 5.10 Å². The SMILES string of the molecule is CC[C@H](C)NC(=O)[C@@H](C)n1nc(-c2ccccc2)c2ccccc21. The summed E-state index contributed by atoms with van der Waals surface area (Å²) in [5.41, 5.74) is 2.94. The van der Waals surface area contributed by atoms with Crippen LogP contribution < -0.4 is 5.32 Å². The molecule has 4 nitrogen and oxygen atoms in total. The van der Waals surface area contributed by atoms with Gasteiger partial charge in [0.1, 0.15) is 11.7 Å². The maximum atomic E-state index is 12.5. The maximum Gasteiger partial charge on any atom is 0.244 e. The van der Waals surface area contributed by atoms with E-state index in [0.717, 1.165) is 28.6 Å². The third kappa shape index (κ3) is 3.04. The Balaban J connectivity index is 2.04. The van der Waals surface area contributed by atoms with Gasteiger partial charge in [0, 0.05) is 17.0 Å². The van der Waals surface area contributed by atoms with Crippen molar-refractivity contribution < 1.29 is 4.79 Å². The molecule has 3 rings (SSSR count). The number of carbonyl (C=O) groups is 1. The van der Waals surface area contributed by atoms with Gasteiger partial charge in [0.25, 0.3) is 0 Å². The Morgan fingerprint density at radius 3 is 2.46 bits per heavy atom. The van der Waals surface area contributed by atoms with E-state index in [1.807, 2.05) is 67.1 Å². The average molecular weight is 321 g/mol. The third-order valence-corrected chi connectivity index (χ3v) is 4.41. The number of hydrogen-bond donors (Lipinski definition) is 1. The fourth-order valence-electron chi connectivity index (χ4n) is 2.77. The van der Waals surface area contributed by atoms with Gasteiger partial charge in [-0.3, -0.25) is 9.48 Å². The molecule has 1 heterocycles. The van der Waals surface area contributed by atoms with Gasteiger partial charge in [0.2, 0.25) is 5.91 Å². The number of aromatic nitrogens is 2. The lowest BCUT2D eigenvalue weighted by Crippen LogP contribution is -2.37. The predicted octanol–water partition coefficient (Wildman–Crippen LogP) is 4.18. The third-order valence-electron chi connectivity index (χ3n) is 4.41. The lowest BCUT2D eigenvalue weighted by molar-refractivity contribution is -0.124. The molecule has 0 bridgehead atoms. The van der Waals surface area contributed by atoms with Gasteiger partial charge in [0.05, 0.1) is 5.52 Å². The van der Waals surface area contributed by atoms with E-state index in [2.05, 4.69) is 18.3 Å². The minimum Gasteiger partial charge on any atom is -0.352 e. The van der Waals surface area contributed by atoms with E-state index >= 15 is 0 Å². The highest BCUT2D eigenvalue weighted by Gasteiger charge is 2.21. The number of amides is 1. The fraction of sp³-hybridized carbons (Fsp3) is 0.300. The first-order chi connectivity index (χ1) is 11.6. The Kier molecular flexibility index (Phi) is 4.65. The molecule has 0 spiro atoms. The monoisotopic (exact) mass is 321 g/mol. The molecule has 1 aromatic heterocycles. The first-order valence-electron chi connectivity index (χ1n) is 8.44. The first-order valence-corrected chi connectivity index (χ1v) is 8.44. The topological polar surface area (TPSA) is 46.9 Å². The van der Waals surface area contributed by atoms with E-state index in [1.54, 1.807) is 0 Å². The molecule has 3 aromatic rings. The van der Waals surface area contributed by atoms with E-state index in [0.29, 0.717) is 0 Å². The van der Waals surface area contributed by atoms with Gasteiger partial charge in [0.15, 0.2) is 0 Å². The molecule has 0 aliphatic rings. The molecule has 24 heavy (non-hydrogen) atoms. The highest BCUT2D eigenvalue weighted by Crippen LogP contribution is 2.29. The van der Waals surface area contributed by atoms with Gasteiger partial charge >= 0.3 is 0 Å². The molecule has 4 heteroatoms. The Morgan fingerprint density at radius 2 is 1.75 bits per heavy atom. The van der Waals surface area contributed by atoms with Crippen LogP contribution in [0.25, 0.3) is 22.2 Å². The molecule has 0 unspecified atom stereocenters. The molecule has 0 aliphatic carbocycles. The second-order valence-corrected chi connectivity index (χ2v) is 6.17. The number of fused-ring (bicyclic) bond motifs is 1. The van der Waals surface area contributed by atoms with Crippen LogP contribution in [-0.2, 0) is 4.79 Å². The van der Waals surface area contributed by atoms with Crippen molar-refractivity contribution in [1.82, 2.24) is 15.1 Å². The highest BCUT2D eigenvalue weighted by molar-refractivity contribution is 5.94. The maximum absolute atomic E-state index is 12.5. The highest BCUT2D eigenvalue weighted by atomic mass is 16.2. The van der Waals surface area contributed by atoms with Gasteiger partial charge in [-0.25, -0.2) is 0 Å². The molecule has 1 amide bonds. The summed E-state index contributed by atoms with van der Waals surface area (Å²) in [5.74, 6) is -0.00258. The van der Waals surface area contributed by atoms with Crippen LogP contribution >= 0.6 is 0 Å². The Hall–Kier alpha value is -2.62. The smallest absolute Gasteiger partial charge is 0.244 e. The van der Waals surface area contributed by atoms with Crippen molar-refractivity contribution in [3.8, 4) is 11.3 Å². The predicted molar refractivity (Wildman–Crippen MR) is 97.8 cm³/mol. The average Bonchev–Trinajstić information content (AvgIpc) is 3.01. The molecule has 0 radical (unpaired) electrons. The normalized spacial score (nSPS) is 13.6. The summed E-state index contributed by atoms with van der Waals surface area (Å²) >= 11 is 0. The zero-order valence-corrected chi connectivity index (χ0v) is 14.4. The molecular formula is C20H23N3O. The van der Waals surface area contributed by atoms with E-state index < -0.39 is 0 Å². The van der Waals surface area contributed by atoms with Gasteiger partial charge in [-0.15, -0.1) is 0 Å². The number of nitrogens with one attached hydrogen (secondary N) is 1. The van der Waals surface area contributed by atoms with Crippen molar-refractivity contribution in [2.45, 2.75) is 39.3 Å². The second-order valence-electron chi connectivity index (χ2n) is 6.17. The fourth-order valence-corrected chi connectivity index (χ4v) is 2.77. The van der Waals surface area contributed by atoms with Crippen molar-refractivity contribution in [3.05, 3.63) is 54.6 Å². The molecule has 0 saturated carbocycles. The largest absolute Gasteiger partial charge is 0.352 e. The summed E-state index contributed by atoms with van der Waals surface area (Å²) < 4.78 is 1.83. The van der Waals surface area contributed by atoms with Crippen LogP contribution in [0.5, 0.6) is 0 Å². The molecule has 0 aliphatic heterocycles. The van der Waals surface area contributed by atoms with Crippen molar-refractivity contribution >= 4 is 16.8 Å². The zero-order chi connectivity index (χ0) is 17.1. The van der Waals surface area contributed by atoms with Crippen molar-refractivity contribution in [2.24, 2.45) is 0 Å². The minimum absolute atomic E-state index is 0.00258. The van der Waals surface area contributed by atoms with E-state index in [9.17, 15) is 4.79 Å². The van der Waals surface area contributed by atoms with Crippen LogP contribution in [0.1, 0.15) is 33.2 Å². The van der Waals surface area contributed by atoms with Crippen LogP contribution in [0.3, 0.4) is 0 Å². The molecule has 1 N–H and O–H groups in total. The summed E-state index contributed by atoms with van der Waals surface area (Å²) in [6, 6.07) is 17.9. The van der Waals surface area contributed by atoms with Crippen molar-refractivity contribution in [2.75, 3.05) is 0 Å². The Bertz CT molecular complexity index is 838. The summed E-state index contributed by atoms with van der Waals surface area (Å²) in [5, 5.41) is 8.87.